The lowest BCUT2D eigenvalue weighted by molar-refractivity contribution is -0.384. The van der Waals surface area contributed by atoms with E-state index in [0.29, 0.717) is 11.4 Å². The molecule has 1 saturated carbocycles. The number of non-ortho nitro benzene ring substituents is 1. The molecule has 0 spiro atoms. The van der Waals surface area contributed by atoms with Crippen molar-refractivity contribution in [2.45, 2.75) is 31.4 Å². The summed E-state index contributed by atoms with van der Waals surface area (Å²) in [5, 5.41) is 14.0. The summed E-state index contributed by atoms with van der Waals surface area (Å²) in [4.78, 5) is 10.3. The maximum atomic E-state index is 10.8. The second kappa shape index (κ2) is 5.22. The number of rotatable bonds is 4. The highest BCUT2D eigenvalue weighted by Crippen LogP contribution is 2.28. The number of nitrogen functional groups attached to an aromatic ring is 1. The minimum Gasteiger partial charge on any atom is -0.398 e. The Labute approximate surface area is 105 Å². The maximum Gasteiger partial charge on any atom is 0.273 e. The Hall–Kier alpha value is -1.82. The smallest absolute Gasteiger partial charge is 0.273 e. The average molecular weight is 251 g/mol. The van der Waals surface area contributed by atoms with Crippen LogP contribution in [0.4, 0.5) is 17.1 Å². The highest BCUT2D eigenvalue weighted by molar-refractivity contribution is 5.61. The van der Waals surface area contributed by atoms with Crippen molar-refractivity contribution in [1.29, 1.82) is 0 Å². The van der Waals surface area contributed by atoms with Gasteiger partial charge in [-0.2, -0.15) is 0 Å². The standard InChI is InChI=1S/C12H17N3O3/c1-18-12-4-2-3-11(12)14-9-5-8(13)6-10(7-9)15(16)17/h5-7,11-12,14H,2-4,13H2,1H3. The molecule has 1 aliphatic carbocycles. The molecule has 3 N–H and O–H groups in total. The van der Waals surface area contributed by atoms with E-state index < -0.39 is 4.92 Å². The molecular formula is C12H17N3O3. The first-order chi connectivity index (χ1) is 8.60. The number of benzene rings is 1. The molecule has 0 bridgehead atoms. The fourth-order valence-corrected chi connectivity index (χ4v) is 2.41. The number of ether oxygens (including phenoxy) is 1. The molecule has 18 heavy (non-hydrogen) atoms. The Bertz CT molecular complexity index is 450. The third kappa shape index (κ3) is 2.70. The summed E-state index contributed by atoms with van der Waals surface area (Å²) in [5.74, 6) is 0. The number of nitrogens with zero attached hydrogens (tertiary/aromatic N) is 1. The van der Waals surface area contributed by atoms with Crippen LogP contribution in [0, 0.1) is 10.1 Å². The molecule has 2 rings (SSSR count). The number of hydrogen-bond donors (Lipinski definition) is 2. The van der Waals surface area contributed by atoms with Crippen LogP contribution in [0.2, 0.25) is 0 Å². The maximum absolute atomic E-state index is 10.8. The summed E-state index contributed by atoms with van der Waals surface area (Å²) in [7, 11) is 1.69. The number of nitrogens with one attached hydrogen (secondary N) is 1. The monoisotopic (exact) mass is 251 g/mol. The van der Waals surface area contributed by atoms with E-state index in [9.17, 15) is 10.1 Å². The average Bonchev–Trinajstić information content (AvgIpc) is 2.75. The summed E-state index contributed by atoms with van der Waals surface area (Å²) in [5.41, 5.74) is 6.73. The van der Waals surface area contributed by atoms with Crippen LogP contribution in [0.25, 0.3) is 0 Å². The van der Waals surface area contributed by atoms with Gasteiger partial charge in [-0.1, -0.05) is 0 Å². The zero-order valence-electron chi connectivity index (χ0n) is 10.3. The van der Waals surface area contributed by atoms with Gasteiger partial charge in [0.2, 0.25) is 0 Å². The first-order valence-electron chi connectivity index (χ1n) is 5.94. The topological polar surface area (TPSA) is 90.4 Å². The van der Waals surface area contributed by atoms with Gasteiger partial charge in [0.1, 0.15) is 0 Å². The largest absolute Gasteiger partial charge is 0.398 e. The van der Waals surface area contributed by atoms with Crippen LogP contribution in [-0.2, 0) is 4.74 Å². The highest BCUT2D eigenvalue weighted by atomic mass is 16.6. The molecule has 1 aromatic rings. The molecule has 6 heteroatoms. The normalized spacial score (nSPS) is 22.9. The van der Waals surface area contributed by atoms with Crippen molar-refractivity contribution in [3.05, 3.63) is 28.3 Å². The highest BCUT2D eigenvalue weighted by Gasteiger charge is 2.27. The van der Waals surface area contributed by atoms with Crippen molar-refractivity contribution < 1.29 is 9.66 Å². The molecule has 0 aliphatic heterocycles. The second-order valence-electron chi connectivity index (χ2n) is 4.53. The third-order valence-corrected chi connectivity index (χ3v) is 3.26. The Morgan fingerprint density at radius 2 is 2.22 bits per heavy atom. The van der Waals surface area contributed by atoms with Crippen molar-refractivity contribution in [3.63, 3.8) is 0 Å². The summed E-state index contributed by atoms with van der Waals surface area (Å²) in [6.07, 6.45) is 3.27. The number of hydrogen-bond acceptors (Lipinski definition) is 5. The van der Waals surface area contributed by atoms with Crippen molar-refractivity contribution in [3.8, 4) is 0 Å². The quantitative estimate of drug-likeness (QED) is 0.486. The van der Waals surface area contributed by atoms with Crippen molar-refractivity contribution in [2.24, 2.45) is 0 Å². The van der Waals surface area contributed by atoms with Crippen molar-refractivity contribution in [2.75, 3.05) is 18.2 Å². The van der Waals surface area contributed by atoms with E-state index >= 15 is 0 Å². The predicted octanol–water partition coefficient (Wildman–Crippen LogP) is 2.16. The van der Waals surface area contributed by atoms with Gasteiger partial charge >= 0.3 is 0 Å². The van der Waals surface area contributed by atoms with E-state index in [1.54, 1.807) is 13.2 Å². The number of nitro benzene ring substituents is 1. The molecule has 2 unspecified atom stereocenters. The Kier molecular flexibility index (Phi) is 3.66. The van der Waals surface area contributed by atoms with Gasteiger partial charge in [0.05, 0.1) is 17.1 Å². The molecule has 0 radical (unpaired) electrons. The molecular weight excluding hydrogens is 234 g/mol. The predicted molar refractivity (Wildman–Crippen MR) is 69.6 cm³/mol. The molecule has 1 aromatic carbocycles. The SMILES string of the molecule is COC1CCCC1Nc1cc(N)cc([N+](=O)[O-])c1. The fourth-order valence-electron chi connectivity index (χ4n) is 2.41. The van der Waals surface area contributed by atoms with Gasteiger partial charge in [-0.25, -0.2) is 0 Å². The van der Waals surface area contributed by atoms with E-state index in [1.807, 2.05) is 0 Å². The number of methoxy groups -OCH3 is 1. The Morgan fingerprint density at radius 3 is 2.89 bits per heavy atom. The minimum atomic E-state index is -0.440. The number of nitro groups is 1. The van der Waals surface area contributed by atoms with Crippen molar-refractivity contribution in [1.82, 2.24) is 0 Å². The minimum absolute atomic E-state index is 0.00413. The molecule has 1 fully saturated rings. The zero-order chi connectivity index (χ0) is 13.1. The Morgan fingerprint density at radius 1 is 1.44 bits per heavy atom. The van der Waals surface area contributed by atoms with Crippen LogP contribution >= 0.6 is 0 Å². The molecule has 6 nitrogen and oxygen atoms in total. The second-order valence-corrected chi connectivity index (χ2v) is 4.53. The summed E-state index contributed by atoms with van der Waals surface area (Å²) in [6.45, 7) is 0. The lowest BCUT2D eigenvalue weighted by atomic mass is 10.2. The van der Waals surface area contributed by atoms with Gasteiger partial charge in [0, 0.05) is 30.6 Å². The molecule has 98 valence electrons. The van der Waals surface area contributed by atoms with Crippen LogP contribution in [-0.4, -0.2) is 24.2 Å². The molecule has 0 saturated heterocycles. The van der Waals surface area contributed by atoms with Gasteiger partial charge < -0.3 is 15.8 Å². The van der Waals surface area contributed by atoms with Crippen LogP contribution in [0.5, 0.6) is 0 Å². The van der Waals surface area contributed by atoms with Gasteiger partial charge in [0.25, 0.3) is 5.69 Å². The fraction of sp³-hybridized carbons (Fsp3) is 0.500. The van der Waals surface area contributed by atoms with Gasteiger partial charge in [-0.15, -0.1) is 0 Å². The van der Waals surface area contributed by atoms with Crippen LogP contribution in [0.3, 0.4) is 0 Å². The van der Waals surface area contributed by atoms with E-state index in [1.165, 1.54) is 12.1 Å². The molecule has 0 aromatic heterocycles. The lowest BCUT2D eigenvalue weighted by Gasteiger charge is -2.20. The first-order valence-corrected chi connectivity index (χ1v) is 5.94. The van der Waals surface area contributed by atoms with Crippen LogP contribution in [0.1, 0.15) is 19.3 Å². The lowest BCUT2D eigenvalue weighted by Crippen LogP contribution is -2.29. The third-order valence-electron chi connectivity index (χ3n) is 3.26. The van der Waals surface area contributed by atoms with Gasteiger partial charge in [0.15, 0.2) is 0 Å². The van der Waals surface area contributed by atoms with E-state index in [2.05, 4.69) is 5.32 Å². The molecule has 1 aliphatic rings. The first kappa shape index (κ1) is 12.6. The van der Waals surface area contributed by atoms with E-state index in [4.69, 9.17) is 10.5 Å². The molecule has 2 atom stereocenters. The number of anilines is 2. The summed E-state index contributed by atoms with van der Waals surface area (Å²) >= 11 is 0. The van der Waals surface area contributed by atoms with E-state index in [0.717, 1.165) is 19.3 Å². The van der Waals surface area contributed by atoms with Gasteiger partial charge in [-0.05, 0) is 25.3 Å². The van der Waals surface area contributed by atoms with Crippen LogP contribution < -0.4 is 11.1 Å². The van der Waals surface area contributed by atoms with Crippen molar-refractivity contribution >= 4 is 17.1 Å². The number of nitrogens with two attached hydrogens (primary N) is 1. The molecule has 0 heterocycles. The van der Waals surface area contributed by atoms with Gasteiger partial charge in [-0.3, -0.25) is 10.1 Å². The van der Waals surface area contributed by atoms with E-state index in [-0.39, 0.29) is 17.8 Å². The molecule has 0 amide bonds. The summed E-state index contributed by atoms with van der Waals surface area (Å²) in [6, 6.07) is 4.75. The Balaban J connectivity index is 2.16. The summed E-state index contributed by atoms with van der Waals surface area (Å²) < 4.78 is 5.38. The zero-order valence-corrected chi connectivity index (χ0v) is 10.3. The van der Waals surface area contributed by atoms with Crippen LogP contribution in [0.15, 0.2) is 18.2 Å².